The molecular formula is C12H14N2O3S2. The number of carboxylic acids is 1. The maximum Gasteiger partial charge on any atom is 0.313 e. The molecule has 0 aliphatic carbocycles. The minimum atomic E-state index is -0.916. The van der Waals surface area contributed by atoms with E-state index in [-0.39, 0.29) is 17.4 Å². The lowest BCUT2D eigenvalue weighted by atomic mass is 10.2. The lowest BCUT2D eigenvalue weighted by Crippen LogP contribution is -2.25. The van der Waals surface area contributed by atoms with E-state index >= 15 is 0 Å². The Kier molecular flexibility index (Phi) is 4.26. The Morgan fingerprint density at radius 1 is 1.63 bits per heavy atom. The van der Waals surface area contributed by atoms with E-state index in [1.165, 1.54) is 11.3 Å². The number of fused-ring (bicyclic) bond motifs is 1. The van der Waals surface area contributed by atoms with Crippen LogP contribution < -0.4 is 5.56 Å². The number of thioether (sulfide) groups is 1. The van der Waals surface area contributed by atoms with Crippen LogP contribution >= 0.6 is 23.1 Å². The van der Waals surface area contributed by atoms with Gasteiger partial charge in [-0.25, -0.2) is 4.98 Å². The summed E-state index contributed by atoms with van der Waals surface area (Å²) in [6, 6.07) is 1.76. The van der Waals surface area contributed by atoms with Crippen molar-refractivity contribution >= 4 is 39.3 Å². The van der Waals surface area contributed by atoms with Crippen LogP contribution in [0.3, 0.4) is 0 Å². The van der Waals surface area contributed by atoms with Crippen LogP contribution in [0.4, 0.5) is 0 Å². The van der Waals surface area contributed by atoms with E-state index in [9.17, 15) is 9.59 Å². The van der Waals surface area contributed by atoms with Crippen LogP contribution in [0.25, 0.3) is 10.2 Å². The zero-order valence-electron chi connectivity index (χ0n) is 10.6. The van der Waals surface area contributed by atoms with Crippen LogP contribution in [0.1, 0.15) is 26.3 Å². The Bertz CT molecular complexity index is 663. The van der Waals surface area contributed by atoms with Gasteiger partial charge in [-0.1, -0.05) is 18.7 Å². The summed E-state index contributed by atoms with van der Waals surface area (Å²) in [6.45, 7) is 3.92. The highest BCUT2D eigenvalue weighted by Crippen LogP contribution is 2.24. The molecule has 19 heavy (non-hydrogen) atoms. The van der Waals surface area contributed by atoms with Crippen LogP contribution in [0.5, 0.6) is 0 Å². The number of thiophene rings is 1. The highest BCUT2D eigenvalue weighted by Gasteiger charge is 2.16. The fraction of sp³-hybridized carbons (Fsp3) is 0.417. The lowest BCUT2D eigenvalue weighted by molar-refractivity contribution is -0.133. The predicted molar refractivity (Wildman–Crippen MR) is 77.2 cm³/mol. The van der Waals surface area contributed by atoms with Gasteiger partial charge in [0.15, 0.2) is 5.16 Å². The molecule has 2 aromatic heterocycles. The molecule has 0 aliphatic heterocycles. The molecule has 0 fully saturated rings. The second-order valence-corrected chi connectivity index (χ2v) is 5.99. The molecule has 5 nitrogen and oxygen atoms in total. The molecule has 1 atom stereocenters. The van der Waals surface area contributed by atoms with Gasteiger partial charge in [0, 0.05) is 6.04 Å². The zero-order valence-corrected chi connectivity index (χ0v) is 12.3. The molecular weight excluding hydrogens is 284 g/mol. The Labute approximate surface area is 118 Å². The fourth-order valence-electron chi connectivity index (χ4n) is 1.71. The third kappa shape index (κ3) is 2.82. The highest BCUT2D eigenvalue weighted by atomic mass is 32.2. The van der Waals surface area contributed by atoms with Crippen molar-refractivity contribution in [3.63, 3.8) is 0 Å². The van der Waals surface area contributed by atoms with Gasteiger partial charge >= 0.3 is 5.97 Å². The molecule has 2 aromatic rings. The third-order valence-electron chi connectivity index (χ3n) is 2.85. The van der Waals surface area contributed by atoms with Gasteiger partial charge in [0.2, 0.25) is 0 Å². The second-order valence-electron chi connectivity index (χ2n) is 4.15. The van der Waals surface area contributed by atoms with Gasteiger partial charge in [-0.3, -0.25) is 14.2 Å². The molecule has 0 spiro atoms. The summed E-state index contributed by atoms with van der Waals surface area (Å²) >= 11 is 2.48. The maximum absolute atomic E-state index is 12.4. The van der Waals surface area contributed by atoms with E-state index in [4.69, 9.17) is 5.11 Å². The first-order chi connectivity index (χ1) is 9.04. The van der Waals surface area contributed by atoms with Crippen molar-refractivity contribution < 1.29 is 9.90 Å². The fourth-order valence-corrected chi connectivity index (χ4v) is 3.33. The predicted octanol–water partition coefficient (Wildman–Crippen LogP) is 2.61. The van der Waals surface area contributed by atoms with Crippen LogP contribution in [0.2, 0.25) is 0 Å². The Balaban J connectivity index is 2.57. The zero-order chi connectivity index (χ0) is 14.0. The molecule has 0 aliphatic rings. The molecule has 102 valence electrons. The number of hydrogen-bond acceptors (Lipinski definition) is 5. The average Bonchev–Trinajstić information content (AvgIpc) is 2.84. The van der Waals surface area contributed by atoms with Gasteiger partial charge in [0.05, 0.1) is 11.1 Å². The van der Waals surface area contributed by atoms with E-state index in [0.717, 1.165) is 18.2 Å². The molecule has 1 unspecified atom stereocenters. The van der Waals surface area contributed by atoms with Crippen molar-refractivity contribution in [2.75, 3.05) is 5.75 Å². The summed E-state index contributed by atoms with van der Waals surface area (Å²) in [5.74, 6) is -1.01. The Hall–Kier alpha value is -1.34. The van der Waals surface area contributed by atoms with Crippen LogP contribution in [-0.4, -0.2) is 26.4 Å². The molecule has 1 N–H and O–H groups in total. The molecule has 7 heteroatoms. The van der Waals surface area contributed by atoms with E-state index in [1.54, 1.807) is 10.6 Å². The number of carbonyl (C=O) groups is 1. The number of carboxylic acid groups (broad SMARTS) is 1. The molecule has 0 aromatic carbocycles. The van der Waals surface area contributed by atoms with Crippen molar-refractivity contribution in [2.45, 2.75) is 31.5 Å². The van der Waals surface area contributed by atoms with Gasteiger partial charge < -0.3 is 5.11 Å². The number of aromatic nitrogens is 2. The van der Waals surface area contributed by atoms with Crippen LogP contribution in [-0.2, 0) is 4.79 Å². The van der Waals surface area contributed by atoms with E-state index in [0.29, 0.717) is 15.4 Å². The first-order valence-electron chi connectivity index (χ1n) is 5.89. The maximum atomic E-state index is 12.4. The largest absolute Gasteiger partial charge is 0.481 e. The smallest absolute Gasteiger partial charge is 0.313 e. The minimum Gasteiger partial charge on any atom is -0.481 e. The number of rotatable bonds is 5. The summed E-state index contributed by atoms with van der Waals surface area (Å²) in [5, 5.41) is 11.7. The first kappa shape index (κ1) is 14.1. The van der Waals surface area contributed by atoms with Gasteiger partial charge in [0.1, 0.15) is 4.83 Å². The highest BCUT2D eigenvalue weighted by molar-refractivity contribution is 7.99. The number of hydrogen-bond donors (Lipinski definition) is 1. The minimum absolute atomic E-state index is 0.000551. The van der Waals surface area contributed by atoms with Crippen LogP contribution in [0, 0.1) is 0 Å². The summed E-state index contributed by atoms with van der Waals surface area (Å²) < 4.78 is 1.60. The molecule has 2 heterocycles. The second kappa shape index (κ2) is 5.75. The molecule has 0 bridgehead atoms. The van der Waals surface area contributed by atoms with Crippen molar-refractivity contribution in [3.8, 4) is 0 Å². The number of aliphatic carboxylic acids is 1. The van der Waals surface area contributed by atoms with E-state index < -0.39 is 5.97 Å². The molecule has 0 saturated heterocycles. The first-order valence-corrected chi connectivity index (χ1v) is 7.75. The monoisotopic (exact) mass is 298 g/mol. The Morgan fingerprint density at radius 3 is 3.00 bits per heavy atom. The van der Waals surface area contributed by atoms with Crippen molar-refractivity contribution in [2.24, 2.45) is 0 Å². The topological polar surface area (TPSA) is 72.2 Å². The van der Waals surface area contributed by atoms with Crippen LogP contribution in [0.15, 0.2) is 21.4 Å². The molecule has 0 saturated carbocycles. The van der Waals surface area contributed by atoms with Crippen molar-refractivity contribution in [3.05, 3.63) is 21.8 Å². The van der Waals surface area contributed by atoms with Gasteiger partial charge in [-0.2, -0.15) is 0 Å². The van der Waals surface area contributed by atoms with Gasteiger partial charge in [-0.05, 0) is 24.8 Å². The lowest BCUT2D eigenvalue weighted by Gasteiger charge is -2.16. The normalized spacial score (nSPS) is 12.7. The van der Waals surface area contributed by atoms with Crippen molar-refractivity contribution in [1.29, 1.82) is 0 Å². The Morgan fingerprint density at radius 2 is 2.37 bits per heavy atom. The third-order valence-corrected chi connectivity index (χ3v) is 4.60. The van der Waals surface area contributed by atoms with Crippen molar-refractivity contribution in [1.82, 2.24) is 9.55 Å². The molecule has 0 radical (unpaired) electrons. The standard InChI is InChI=1S/C12H14N2O3S2/c1-3-7(2)14-11(17)8-4-5-18-10(8)13-12(14)19-6-9(15)16/h4-5,7H,3,6H2,1-2H3,(H,15,16). The summed E-state index contributed by atoms with van der Waals surface area (Å²) in [5.41, 5.74) is -0.0894. The molecule has 2 rings (SSSR count). The summed E-state index contributed by atoms with van der Waals surface area (Å²) in [7, 11) is 0. The summed E-state index contributed by atoms with van der Waals surface area (Å²) in [4.78, 5) is 28.2. The van der Waals surface area contributed by atoms with E-state index in [1.807, 2.05) is 19.2 Å². The van der Waals surface area contributed by atoms with Gasteiger partial charge in [-0.15, -0.1) is 11.3 Å². The van der Waals surface area contributed by atoms with Gasteiger partial charge in [0.25, 0.3) is 5.56 Å². The number of nitrogens with zero attached hydrogens (tertiary/aromatic N) is 2. The summed E-state index contributed by atoms with van der Waals surface area (Å²) in [6.07, 6.45) is 0.790. The van der Waals surface area contributed by atoms with E-state index in [2.05, 4.69) is 4.98 Å². The SMILES string of the molecule is CCC(C)n1c(SCC(=O)O)nc2sccc2c1=O. The quantitative estimate of drug-likeness (QED) is 0.678. The molecule has 0 amide bonds. The average molecular weight is 298 g/mol.